The number of hydrogen-bond donors (Lipinski definition) is 0. The molecule has 4 aliphatic carbocycles. The molecule has 0 spiro atoms. The van der Waals surface area contributed by atoms with Crippen LogP contribution < -0.4 is 0 Å². The van der Waals surface area contributed by atoms with E-state index in [0.29, 0.717) is 18.3 Å². The largest absolute Gasteiger partial charge is 0.462 e. The van der Waals surface area contributed by atoms with Crippen molar-refractivity contribution in [2.75, 3.05) is 6.67 Å². The van der Waals surface area contributed by atoms with E-state index in [4.69, 9.17) is 9.47 Å². The Bertz CT molecular complexity index is 857. The number of hydrogen-bond acceptors (Lipinski definition) is 5. The Labute approximate surface area is 198 Å². The molecule has 4 aliphatic rings. The van der Waals surface area contributed by atoms with E-state index in [1.165, 1.54) is 19.4 Å². The number of ketones is 1. The summed E-state index contributed by atoms with van der Waals surface area (Å²) in [4.78, 5) is 36.1. The van der Waals surface area contributed by atoms with Crippen molar-refractivity contribution in [3.05, 3.63) is 11.6 Å². The van der Waals surface area contributed by atoms with Gasteiger partial charge in [0.2, 0.25) is 5.78 Å². The van der Waals surface area contributed by atoms with Gasteiger partial charge in [0.05, 0.1) is 4.83 Å². The van der Waals surface area contributed by atoms with Crippen LogP contribution in [0.15, 0.2) is 11.6 Å². The molecule has 0 aliphatic heterocycles. The third-order valence-corrected chi connectivity index (χ3v) is 10.4. The van der Waals surface area contributed by atoms with Gasteiger partial charge in [-0.2, -0.15) is 0 Å². The number of Topliss-reactive ketones (excluding diaryl/α,β-unsaturated/α-hetero) is 1. The van der Waals surface area contributed by atoms with Crippen LogP contribution in [0.2, 0.25) is 0 Å². The lowest BCUT2D eigenvalue weighted by atomic mass is 9.46. The maximum atomic E-state index is 13.8. The molecule has 0 aromatic heterocycles. The number of rotatable bonds is 4. The topological polar surface area (TPSA) is 69.7 Å². The molecule has 0 N–H and O–H groups in total. The van der Waals surface area contributed by atoms with Gasteiger partial charge in [0.25, 0.3) is 0 Å². The lowest BCUT2D eigenvalue weighted by Gasteiger charge is -2.59. The highest BCUT2D eigenvalue weighted by atomic mass is 79.9. The smallest absolute Gasteiger partial charge is 0.303 e. The average Bonchev–Trinajstić information content (AvgIpc) is 2.94. The standard InChI is InChI=1S/C25H34BrFO5/c1-14(28)31-17-7-9-23(3)16(11-17)5-6-18-19(23)8-10-24(4)20(18)12-21(26)25(24,22(30)13-27)32-15(2)29/h5,17-21H,6-13H2,1-4H3/t17?,18-,19+,20+,21?,23+,24+,25+/m1/s1. The van der Waals surface area contributed by atoms with Crippen molar-refractivity contribution < 1.29 is 28.2 Å². The number of allylic oxidation sites excluding steroid dienone is 1. The zero-order valence-electron chi connectivity index (χ0n) is 19.4. The first-order chi connectivity index (χ1) is 15.0. The molecule has 8 atom stereocenters. The summed E-state index contributed by atoms with van der Waals surface area (Å²) in [5, 5.41) is 0. The molecule has 0 radical (unpaired) electrons. The van der Waals surface area contributed by atoms with E-state index in [1.54, 1.807) is 0 Å². The summed E-state index contributed by atoms with van der Waals surface area (Å²) in [6.07, 6.45) is 8.11. The van der Waals surface area contributed by atoms with Gasteiger partial charge in [0, 0.05) is 25.7 Å². The second kappa shape index (κ2) is 8.21. The van der Waals surface area contributed by atoms with E-state index in [2.05, 4.69) is 28.9 Å². The second-order valence-corrected chi connectivity index (χ2v) is 11.9. The van der Waals surface area contributed by atoms with E-state index >= 15 is 0 Å². The first-order valence-corrected chi connectivity index (χ1v) is 12.7. The molecule has 0 heterocycles. The van der Waals surface area contributed by atoms with Crippen LogP contribution in [0.1, 0.15) is 72.6 Å². The predicted octanol–water partition coefficient (Wildman–Crippen LogP) is 5.09. The third-order valence-electron chi connectivity index (χ3n) is 9.37. The molecule has 0 bridgehead atoms. The van der Waals surface area contributed by atoms with Crippen LogP contribution in [0, 0.1) is 28.6 Å². The van der Waals surface area contributed by atoms with Gasteiger partial charge in [0.15, 0.2) is 12.3 Å². The minimum atomic E-state index is -1.46. The quantitative estimate of drug-likeness (QED) is 0.298. The van der Waals surface area contributed by atoms with Crippen LogP contribution in [0.4, 0.5) is 4.39 Å². The Balaban J connectivity index is 1.67. The van der Waals surface area contributed by atoms with Gasteiger partial charge >= 0.3 is 11.9 Å². The highest BCUT2D eigenvalue weighted by Gasteiger charge is 2.71. The van der Waals surface area contributed by atoms with Crippen LogP contribution in [0.3, 0.4) is 0 Å². The summed E-state index contributed by atoms with van der Waals surface area (Å²) >= 11 is 3.66. The minimum Gasteiger partial charge on any atom is -0.462 e. The zero-order chi connectivity index (χ0) is 23.5. The van der Waals surface area contributed by atoms with E-state index < -0.39 is 34.3 Å². The van der Waals surface area contributed by atoms with Gasteiger partial charge in [-0.15, -0.1) is 0 Å². The number of halogens is 2. The summed E-state index contributed by atoms with van der Waals surface area (Å²) < 4.78 is 25.0. The van der Waals surface area contributed by atoms with Gasteiger partial charge in [0.1, 0.15) is 6.10 Å². The first kappa shape index (κ1) is 23.9. The summed E-state index contributed by atoms with van der Waals surface area (Å²) in [6.45, 7) is 6.00. The number of alkyl halides is 2. The molecule has 7 heteroatoms. The van der Waals surface area contributed by atoms with Gasteiger partial charge in [-0.3, -0.25) is 14.4 Å². The molecule has 0 saturated heterocycles. The van der Waals surface area contributed by atoms with Crippen molar-refractivity contribution in [1.29, 1.82) is 0 Å². The number of carbonyl (C=O) groups is 3. The van der Waals surface area contributed by atoms with Gasteiger partial charge in [-0.1, -0.05) is 41.4 Å². The minimum absolute atomic E-state index is 0.0412. The Hall–Kier alpha value is -1.24. The molecule has 0 amide bonds. The molecule has 178 valence electrons. The number of carbonyl (C=O) groups excluding carboxylic acids is 3. The highest BCUT2D eigenvalue weighted by molar-refractivity contribution is 9.09. The van der Waals surface area contributed by atoms with Crippen molar-refractivity contribution >= 4 is 33.7 Å². The van der Waals surface area contributed by atoms with E-state index in [9.17, 15) is 18.8 Å². The molecule has 3 saturated carbocycles. The van der Waals surface area contributed by atoms with Crippen molar-refractivity contribution in [1.82, 2.24) is 0 Å². The Kier molecular flexibility index (Phi) is 6.13. The monoisotopic (exact) mass is 512 g/mol. The van der Waals surface area contributed by atoms with Crippen LogP contribution >= 0.6 is 15.9 Å². The van der Waals surface area contributed by atoms with Crippen molar-refractivity contribution in [2.45, 2.75) is 89.2 Å². The second-order valence-electron chi connectivity index (χ2n) is 10.8. The lowest BCUT2D eigenvalue weighted by molar-refractivity contribution is -0.187. The van der Waals surface area contributed by atoms with Crippen molar-refractivity contribution in [3.63, 3.8) is 0 Å². The highest BCUT2D eigenvalue weighted by Crippen LogP contribution is 2.69. The molecule has 32 heavy (non-hydrogen) atoms. The van der Waals surface area contributed by atoms with Crippen molar-refractivity contribution in [2.24, 2.45) is 28.6 Å². The Morgan fingerprint density at radius 3 is 2.47 bits per heavy atom. The van der Waals surface area contributed by atoms with E-state index in [-0.39, 0.29) is 23.4 Å². The fourth-order valence-electron chi connectivity index (χ4n) is 7.98. The molecule has 5 nitrogen and oxygen atoms in total. The Morgan fingerprint density at radius 1 is 1.12 bits per heavy atom. The normalized spacial score (nSPS) is 45.1. The molecule has 4 rings (SSSR count). The number of esters is 2. The zero-order valence-corrected chi connectivity index (χ0v) is 21.0. The number of ether oxygens (including phenoxy) is 2. The first-order valence-electron chi connectivity index (χ1n) is 11.8. The molecule has 0 aromatic rings. The summed E-state index contributed by atoms with van der Waals surface area (Å²) in [7, 11) is 0. The molecular weight excluding hydrogens is 479 g/mol. The van der Waals surface area contributed by atoms with Crippen LogP contribution in [-0.2, 0) is 23.9 Å². The van der Waals surface area contributed by atoms with Crippen LogP contribution in [-0.4, -0.2) is 40.9 Å². The molecule has 0 aromatic carbocycles. The third kappa shape index (κ3) is 3.32. The fraction of sp³-hybridized carbons (Fsp3) is 0.800. The molecular formula is C25H34BrFO5. The fourth-order valence-corrected chi connectivity index (χ4v) is 9.26. The SMILES string of the molecule is CC(=O)OC1CC[C@@]2(C)C(=CC[C@@H]3[C@@H]2CC[C@@]2(C)[C@H]3CC(Br)[C@]2(OC(C)=O)C(=O)CF)C1. The predicted molar refractivity (Wildman–Crippen MR) is 121 cm³/mol. The van der Waals surface area contributed by atoms with Gasteiger partial charge < -0.3 is 9.47 Å². The average molecular weight is 513 g/mol. The maximum absolute atomic E-state index is 13.8. The Morgan fingerprint density at radius 2 is 1.84 bits per heavy atom. The van der Waals surface area contributed by atoms with Gasteiger partial charge in [-0.05, 0) is 61.7 Å². The van der Waals surface area contributed by atoms with E-state index in [1.807, 2.05) is 6.92 Å². The van der Waals surface area contributed by atoms with Crippen LogP contribution in [0.5, 0.6) is 0 Å². The summed E-state index contributed by atoms with van der Waals surface area (Å²) in [6, 6.07) is 0. The lowest BCUT2D eigenvalue weighted by Crippen LogP contribution is -2.61. The molecule has 2 unspecified atom stereocenters. The van der Waals surface area contributed by atoms with Crippen LogP contribution in [0.25, 0.3) is 0 Å². The van der Waals surface area contributed by atoms with E-state index in [0.717, 1.165) is 38.5 Å². The summed E-state index contributed by atoms with van der Waals surface area (Å²) in [5.41, 5.74) is -0.631. The summed E-state index contributed by atoms with van der Waals surface area (Å²) in [5.74, 6) is -0.443. The van der Waals surface area contributed by atoms with Gasteiger partial charge in [-0.25, -0.2) is 4.39 Å². The van der Waals surface area contributed by atoms with Crippen molar-refractivity contribution in [3.8, 4) is 0 Å². The number of fused-ring (bicyclic) bond motifs is 5. The maximum Gasteiger partial charge on any atom is 0.303 e. The molecule has 3 fully saturated rings.